The van der Waals surface area contributed by atoms with Crippen molar-refractivity contribution in [1.29, 1.82) is 0 Å². The molecule has 0 amide bonds. The first-order chi connectivity index (χ1) is 13.3. The highest BCUT2D eigenvalue weighted by atomic mass is 16.7. The van der Waals surface area contributed by atoms with Gasteiger partial charge in [0.05, 0.1) is 30.7 Å². The van der Waals surface area contributed by atoms with Gasteiger partial charge in [0.1, 0.15) is 0 Å². The third kappa shape index (κ3) is 2.97. The van der Waals surface area contributed by atoms with Crippen LogP contribution in [0.1, 0.15) is 5.56 Å². The standard InChI is InChI=1S/C19H18N4O4/c24-18-14-10-20-19(22-5-7-25-8-6-22)21-15(14)3-4-23(18)11-13-1-2-16-17(9-13)27-12-26-16/h1-4,9-10H,5-8,11-12H2. The molecule has 3 aromatic rings. The minimum absolute atomic E-state index is 0.112. The second kappa shape index (κ2) is 6.55. The first kappa shape index (κ1) is 16.1. The minimum atomic E-state index is -0.112. The van der Waals surface area contributed by atoms with E-state index in [1.165, 1.54) is 0 Å². The zero-order chi connectivity index (χ0) is 18.2. The molecule has 0 bridgehead atoms. The van der Waals surface area contributed by atoms with Crippen molar-refractivity contribution >= 4 is 16.9 Å². The van der Waals surface area contributed by atoms with E-state index in [1.807, 2.05) is 24.3 Å². The fourth-order valence-electron chi connectivity index (χ4n) is 3.34. The zero-order valence-electron chi connectivity index (χ0n) is 14.6. The Balaban J connectivity index is 1.45. The van der Waals surface area contributed by atoms with Gasteiger partial charge in [-0.3, -0.25) is 4.79 Å². The third-order valence-corrected chi connectivity index (χ3v) is 4.79. The number of morpholine rings is 1. The summed E-state index contributed by atoms with van der Waals surface area (Å²) < 4.78 is 17.7. The van der Waals surface area contributed by atoms with Gasteiger partial charge in [-0.1, -0.05) is 6.07 Å². The number of fused-ring (bicyclic) bond motifs is 2. The number of benzene rings is 1. The second-order valence-corrected chi connectivity index (χ2v) is 6.50. The summed E-state index contributed by atoms with van der Waals surface area (Å²) in [5.41, 5.74) is 1.50. The van der Waals surface area contributed by atoms with Gasteiger partial charge >= 0.3 is 0 Å². The minimum Gasteiger partial charge on any atom is -0.454 e. The predicted molar refractivity (Wildman–Crippen MR) is 98.5 cm³/mol. The molecule has 1 saturated heterocycles. The number of anilines is 1. The van der Waals surface area contributed by atoms with Gasteiger partial charge in [0, 0.05) is 25.5 Å². The molecule has 1 fully saturated rings. The average molecular weight is 366 g/mol. The molecule has 2 aromatic heterocycles. The molecule has 8 heteroatoms. The van der Waals surface area contributed by atoms with Crippen LogP contribution in [0.15, 0.2) is 41.5 Å². The Morgan fingerprint density at radius 3 is 2.81 bits per heavy atom. The number of nitrogens with zero attached hydrogens (tertiary/aromatic N) is 4. The van der Waals surface area contributed by atoms with E-state index in [0.717, 1.165) is 24.4 Å². The monoisotopic (exact) mass is 366 g/mol. The van der Waals surface area contributed by atoms with Crippen LogP contribution >= 0.6 is 0 Å². The third-order valence-electron chi connectivity index (χ3n) is 4.79. The molecule has 0 spiro atoms. The van der Waals surface area contributed by atoms with Gasteiger partial charge < -0.3 is 23.7 Å². The van der Waals surface area contributed by atoms with E-state index in [0.29, 0.717) is 42.4 Å². The fourth-order valence-corrected chi connectivity index (χ4v) is 3.34. The van der Waals surface area contributed by atoms with Crippen molar-refractivity contribution in [2.24, 2.45) is 0 Å². The highest BCUT2D eigenvalue weighted by Crippen LogP contribution is 2.32. The van der Waals surface area contributed by atoms with E-state index < -0.39 is 0 Å². The average Bonchev–Trinajstić information content (AvgIpc) is 3.18. The highest BCUT2D eigenvalue weighted by molar-refractivity contribution is 5.77. The Morgan fingerprint density at radius 2 is 1.93 bits per heavy atom. The molecule has 0 N–H and O–H groups in total. The molecule has 0 unspecified atom stereocenters. The van der Waals surface area contributed by atoms with E-state index in [4.69, 9.17) is 14.2 Å². The number of ether oxygens (including phenoxy) is 3. The highest BCUT2D eigenvalue weighted by Gasteiger charge is 2.16. The largest absolute Gasteiger partial charge is 0.454 e. The van der Waals surface area contributed by atoms with Crippen LogP contribution in [0.5, 0.6) is 11.5 Å². The van der Waals surface area contributed by atoms with Crippen molar-refractivity contribution < 1.29 is 14.2 Å². The van der Waals surface area contributed by atoms with Crippen LogP contribution in [0.25, 0.3) is 10.9 Å². The van der Waals surface area contributed by atoms with Gasteiger partial charge in [0.2, 0.25) is 12.7 Å². The molecule has 0 aliphatic carbocycles. The van der Waals surface area contributed by atoms with Crippen molar-refractivity contribution in [3.63, 3.8) is 0 Å². The first-order valence-electron chi connectivity index (χ1n) is 8.85. The molecule has 0 saturated carbocycles. The molecule has 4 heterocycles. The Morgan fingerprint density at radius 1 is 1.07 bits per heavy atom. The summed E-state index contributed by atoms with van der Waals surface area (Å²) in [5.74, 6) is 2.08. The maximum Gasteiger partial charge on any atom is 0.261 e. The Bertz CT molecular complexity index is 1060. The SMILES string of the molecule is O=c1c2cnc(N3CCOCC3)nc2ccn1Cc1ccc2c(c1)OCO2. The lowest BCUT2D eigenvalue weighted by molar-refractivity contribution is 0.122. The summed E-state index contributed by atoms with van der Waals surface area (Å²) >= 11 is 0. The van der Waals surface area contributed by atoms with Gasteiger partial charge in [-0.05, 0) is 23.8 Å². The van der Waals surface area contributed by atoms with Crippen LogP contribution in [0.4, 0.5) is 5.95 Å². The predicted octanol–water partition coefficient (Wildman–Crippen LogP) is 1.41. The summed E-state index contributed by atoms with van der Waals surface area (Å²) in [6, 6.07) is 7.55. The Labute approximate surface area is 154 Å². The van der Waals surface area contributed by atoms with Crippen LogP contribution in [0, 0.1) is 0 Å². The van der Waals surface area contributed by atoms with Crippen LogP contribution in [-0.4, -0.2) is 47.6 Å². The molecule has 2 aliphatic heterocycles. The van der Waals surface area contributed by atoms with Gasteiger partial charge in [0.15, 0.2) is 11.5 Å². The van der Waals surface area contributed by atoms with Crippen LogP contribution in [-0.2, 0) is 11.3 Å². The molecule has 5 rings (SSSR count). The maximum atomic E-state index is 12.8. The summed E-state index contributed by atoms with van der Waals surface area (Å²) in [6.07, 6.45) is 3.39. The van der Waals surface area contributed by atoms with Crippen LogP contribution in [0.3, 0.4) is 0 Å². The lowest BCUT2D eigenvalue weighted by atomic mass is 10.2. The van der Waals surface area contributed by atoms with Gasteiger partial charge in [-0.15, -0.1) is 0 Å². The summed E-state index contributed by atoms with van der Waals surface area (Å²) in [6.45, 7) is 3.52. The number of hydrogen-bond acceptors (Lipinski definition) is 7. The molecule has 0 atom stereocenters. The van der Waals surface area contributed by atoms with Crippen molar-refractivity contribution in [2.75, 3.05) is 38.0 Å². The molecular weight excluding hydrogens is 348 g/mol. The second-order valence-electron chi connectivity index (χ2n) is 6.50. The normalized spacial score (nSPS) is 16.1. The molecule has 8 nitrogen and oxygen atoms in total. The van der Waals surface area contributed by atoms with Gasteiger partial charge in [-0.2, -0.15) is 0 Å². The van der Waals surface area contributed by atoms with Crippen molar-refractivity contribution in [3.8, 4) is 11.5 Å². The molecule has 0 radical (unpaired) electrons. The first-order valence-corrected chi connectivity index (χ1v) is 8.85. The van der Waals surface area contributed by atoms with E-state index in [2.05, 4.69) is 14.9 Å². The Kier molecular flexibility index (Phi) is 3.90. The lowest BCUT2D eigenvalue weighted by Gasteiger charge is -2.26. The lowest BCUT2D eigenvalue weighted by Crippen LogP contribution is -2.37. The van der Waals surface area contributed by atoms with E-state index in [1.54, 1.807) is 17.0 Å². The van der Waals surface area contributed by atoms with E-state index >= 15 is 0 Å². The molecule has 27 heavy (non-hydrogen) atoms. The van der Waals surface area contributed by atoms with Crippen molar-refractivity contribution in [2.45, 2.75) is 6.54 Å². The number of aromatic nitrogens is 3. The molecular formula is C19H18N4O4. The van der Waals surface area contributed by atoms with Crippen molar-refractivity contribution in [3.05, 3.63) is 52.6 Å². The van der Waals surface area contributed by atoms with Crippen LogP contribution < -0.4 is 19.9 Å². The molecule has 138 valence electrons. The van der Waals surface area contributed by atoms with Gasteiger partial charge in [0.25, 0.3) is 5.56 Å². The van der Waals surface area contributed by atoms with Crippen molar-refractivity contribution in [1.82, 2.24) is 14.5 Å². The number of rotatable bonds is 3. The smallest absolute Gasteiger partial charge is 0.261 e. The zero-order valence-corrected chi connectivity index (χ0v) is 14.6. The fraction of sp³-hybridized carbons (Fsp3) is 0.316. The number of hydrogen-bond donors (Lipinski definition) is 0. The summed E-state index contributed by atoms with van der Waals surface area (Å²) in [4.78, 5) is 23.9. The molecule has 1 aromatic carbocycles. The van der Waals surface area contributed by atoms with E-state index in [9.17, 15) is 4.79 Å². The van der Waals surface area contributed by atoms with Gasteiger partial charge in [-0.25, -0.2) is 9.97 Å². The molecule has 2 aliphatic rings. The van der Waals surface area contributed by atoms with Crippen LogP contribution in [0.2, 0.25) is 0 Å². The number of pyridine rings is 1. The quantitative estimate of drug-likeness (QED) is 0.693. The maximum absolute atomic E-state index is 12.8. The Hall–Kier alpha value is -3.13. The summed E-state index contributed by atoms with van der Waals surface area (Å²) in [7, 11) is 0. The summed E-state index contributed by atoms with van der Waals surface area (Å²) in [5, 5.41) is 0.509. The van der Waals surface area contributed by atoms with E-state index in [-0.39, 0.29) is 12.4 Å². The topological polar surface area (TPSA) is 78.7 Å².